The van der Waals surface area contributed by atoms with Crippen molar-refractivity contribution in [2.45, 2.75) is 40.0 Å². The van der Waals surface area contributed by atoms with Crippen LogP contribution in [0.1, 0.15) is 42.9 Å². The summed E-state index contributed by atoms with van der Waals surface area (Å²) in [5.41, 5.74) is -0.156. The average molecular weight is 276 g/mol. The van der Waals surface area contributed by atoms with E-state index < -0.39 is 23.8 Å². The van der Waals surface area contributed by atoms with Crippen molar-refractivity contribution < 1.29 is 81.8 Å². The summed E-state index contributed by atoms with van der Waals surface area (Å²) in [6.45, 7) is 5.95. The Hall–Kier alpha value is 0.940. The number of carbonyl (C=O) groups is 2. The quantitative estimate of drug-likeness (QED) is 0.513. The molecule has 18 heavy (non-hydrogen) atoms. The number of carboxylic acid groups (broad SMARTS) is 2. The first-order chi connectivity index (χ1) is 7.25. The van der Waals surface area contributed by atoms with Gasteiger partial charge in [-0.25, -0.2) is 0 Å². The Bertz CT molecular complexity index is 308. The van der Waals surface area contributed by atoms with Gasteiger partial charge in [0, 0.05) is 0 Å². The molecule has 0 bridgehead atoms. The molecule has 1 fully saturated rings. The Morgan fingerprint density at radius 2 is 1.56 bits per heavy atom. The number of carboxylic acids is 2. The fourth-order valence-corrected chi connectivity index (χ4v) is 2.79. The van der Waals surface area contributed by atoms with Gasteiger partial charge in [-0.05, 0) is 24.2 Å². The summed E-state index contributed by atoms with van der Waals surface area (Å²) in [6, 6.07) is 0. The molecule has 3 atom stereocenters. The van der Waals surface area contributed by atoms with Crippen molar-refractivity contribution in [3.63, 3.8) is 0 Å². The van der Waals surface area contributed by atoms with Crippen molar-refractivity contribution in [1.82, 2.24) is 0 Å². The van der Waals surface area contributed by atoms with E-state index in [0.29, 0.717) is 6.42 Å². The third kappa shape index (κ3) is 5.14. The smallest absolute Gasteiger partial charge is 1.00 e. The molecule has 6 heteroatoms. The first kappa shape index (κ1) is 21.2. The molecule has 0 spiro atoms. The van der Waals surface area contributed by atoms with Gasteiger partial charge in [-0.3, -0.25) is 9.59 Å². The molecule has 0 aliphatic heterocycles. The summed E-state index contributed by atoms with van der Waals surface area (Å²) in [7, 11) is 0. The van der Waals surface area contributed by atoms with Gasteiger partial charge in [0.1, 0.15) is 0 Å². The molecule has 96 valence electrons. The maximum absolute atomic E-state index is 11.3. The van der Waals surface area contributed by atoms with E-state index in [2.05, 4.69) is 0 Å². The predicted molar refractivity (Wildman–Crippen MR) is 61.3 cm³/mol. The van der Waals surface area contributed by atoms with Crippen LogP contribution in [0.25, 0.3) is 0 Å². The van der Waals surface area contributed by atoms with Crippen LogP contribution in [0.3, 0.4) is 0 Å². The van der Waals surface area contributed by atoms with Gasteiger partial charge in [-0.2, -0.15) is 0 Å². The Balaban J connectivity index is -0.000000320. The van der Waals surface area contributed by atoms with Gasteiger partial charge in [0.25, 0.3) is 0 Å². The minimum absolute atomic E-state index is 0. The molecule has 1 saturated carbocycles. The maximum atomic E-state index is 11.3. The third-order valence-corrected chi connectivity index (χ3v) is 3.61. The van der Waals surface area contributed by atoms with E-state index in [-0.39, 0.29) is 73.3 Å². The summed E-state index contributed by atoms with van der Waals surface area (Å²) in [5.74, 6) is -3.46. The summed E-state index contributed by atoms with van der Waals surface area (Å²) < 4.78 is 0. The Morgan fingerprint density at radius 1 is 1.06 bits per heavy atom. The Kier molecular flexibility index (Phi) is 9.77. The average Bonchev–Trinajstić information content (AvgIpc) is 2.14. The van der Waals surface area contributed by atoms with Crippen LogP contribution >= 0.6 is 0 Å². The zero-order valence-corrected chi connectivity index (χ0v) is 16.1. The van der Waals surface area contributed by atoms with E-state index in [1.807, 2.05) is 20.8 Å². The van der Waals surface area contributed by atoms with E-state index >= 15 is 0 Å². The zero-order chi connectivity index (χ0) is 12.5. The summed E-state index contributed by atoms with van der Waals surface area (Å²) in [4.78, 5) is 22.3. The standard InChI is InChI=1S/C12H20O4.2Na.2H/c1-12(2,3)8-6-4-5-7(10(13)14)9(8)11(15)16;;;;/h7-9H,4-6H2,1-3H3,(H,13,14)(H,15,16);;;;/q;2*+1;2*-1. The van der Waals surface area contributed by atoms with Gasteiger partial charge < -0.3 is 13.1 Å². The van der Waals surface area contributed by atoms with Gasteiger partial charge in [-0.1, -0.05) is 27.2 Å². The monoisotopic (exact) mass is 276 g/mol. The largest absolute Gasteiger partial charge is 1.00 e. The predicted octanol–water partition coefficient (Wildman–Crippen LogP) is -3.53. The van der Waals surface area contributed by atoms with E-state index in [0.717, 1.165) is 12.8 Å². The molecule has 0 aromatic rings. The van der Waals surface area contributed by atoms with E-state index in [4.69, 9.17) is 5.11 Å². The molecule has 0 aromatic carbocycles. The van der Waals surface area contributed by atoms with Crippen LogP contribution in [-0.4, -0.2) is 22.2 Å². The maximum Gasteiger partial charge on any atom is 1.00 e. The van der Waals surface area contributed by atoms with Crippen LogP contribution in [0.4, 0.5) is 0 Å². The molecular formula is C12H22Na2O4. The van der Waals surface area contributed by atoms with Crippen molar-refractivity contribution in [2.75, 3.05) is 0 Å². The topological polar surface area (TPSA) is 74.6 Å². The fourth-order valence-electron chi connectivity index (χ4n) is 2.79. The first-order valence-corrected chi connectivity index (χ1v) is 5.70. The van der Waals surface area contributed by atoms with Gasteiger partial charge >= 0.3 is 71.1 Å². The van der Waals surface area contributed by atoms with Crippen LogP contribution in [0.15, 0.2) is 0 Å². The molecule has 1 aliphatic rings. The van der Waals surface area contributed by atoms with Crippen molar-refractivity contribution >= 4 is 11.9 Å². The minimum Gasteiger partial charge on any atom is -1.00 e. The second-order valence-corrected chi connectivity index (χ2v) is 5.71. The number of hydrogen-bond donors (Lipinski definition) is 2. The molecule has 3 unspecified atom stereocenters. The number of hydrogen-bond acceptors (Lipinski definition) is 2. The Labute approximate surface area is 155 Å². The van der Waals surface area contributed by atoms with Crippen molar-refractivity contribution in [3.05, 3.63) is 0 Å². The summed E-state index contributed by atoms with van der Waals surface area (Å²) in [5, 5.41) is 18.3. The molecule has 0 saturated heterocycles. The molecule has 0 amide bonds. The van der Waals surface area contributed by atoms with Gasteiger partial charge in [0.05, 0.1) is 11.8 Å². The molecule has 4 nitrogen and oxygen atoms in total. The number of rotatable bonds is 2. The third-order valence-electron chi connectivity index (χ3n) is 3.61. The first-order valence-electron chi connectivity index (χ1n) is 5.70. The van der Waals surface area contributed by atoms with E-state index in [9.17, 15) is 14.7 Å². The molecule has 2 N–H and O–H groups in total. The summed E-state index contributed by atoms with van der Waals surface area (Å²) >= 11 is 0. The molecular weight excluding hydrogens is 254 g/mol. The fraction of sp³-hybridized carbons (Fsp3) is 0.833. The van der Waals surface area contributed by atoms with E-state index in [1.165, 1.54) is 0 Å². The Morgan fingerprint density at radius 3 is 1.89 bits per heavy atom. The van der Waals surface area contributed by atoms with Crippen LogP contribution in [0.5, 0.6) is 0 Å². The SMILES string of the molecule is CC(C)(C)C1CCCC(C(=O)O)C1C(=O)O.[H-].[H-].[Na+].[Na+]. The molecule has 1 aliphatic carbocycles. The van der Waals surface area contributed by atoms with Crippen molar-refractivity contribution in [2.24, 2.45) is 23.2 Å². The van der Waals surface area contributed by atoms with Crippen LogP contribution in [-0.2, 0) is 9.59 Å². The number of aliphatic carboxylic acids is 2. The van der Waals surface area contributed by atoms with Crippen LogP contribution in [0.2, 0.25) is 0 Å². The molecule has 1 rings (SSSR count). The van der Waals surface area contributed by atoms with Crippen molar-refractivity contribution in [3.8, 4) is 0 Å². The van der Waals surface area contributed by atoms with Gasteiger partial charge in [-0.15, -0.1) is 0 Å². The molecule has 0 radical (unpaired) electrons. The zero-order valence-electron chi connectivity index (χ0n) is 14.1. The van der Waals surface area contributed by atoms with Gasteiger partial charge in [0.15, 0.2) is 0 Å². The molecule has 0 aromatic heterocycles. The van der Waals surface area contributed by atoms with E-state index in [1.54, 1.807) is 0 Å². The normalized spacial score (nSPS) is 27.6. The van der Waals surface area contributed by atoms with Crippen LogP contribution < -0.4 is 59.1 Å². The second kappa shape index (κ2) is 8.28. The second-order valence-electron chi connectivity index (χ2n) is 5.71. The van der Waals surface area contributed by atoms with Gasteiger partial charge in [0.2, 0.25) is 0 Å². The molecule has 0 heterocycles. The minimum atomic E-state index is -0.971. The van der Waals surface area contributed by atoms with Crippen molar-refractivity contribution in [1.29, 1.82) is 0 Å². The summed E-state index contributed by atoms with van der Waals surface area (Å²) in [6.07, 6.45) is 2.10. The van der Waals surface area contributed by atoms with Crippen LogP contribution in [0, 0.1) is 23.2 Å².